The van der Waals surface area contributed by atoms with Gasteiger partial charge in [-0.1, -0.05) is 25.0 Å². The van der Waals surface area contributed by atoms with Crippen LogP contribution in [0.15, 0.2) is 24.3 Å². The van der Waals surface area contributed by atoms with Crippen molar-refractivity contribution in [2.24, 2.45) is 0 Å². The maximum Gasteiger partial charge on any atom is 0.329 e. The largest absolute Gasteiger partial charge is 0.480 e. The van der Waals surface area contributed by atoms with E-state index in [9.17, 15) is 14.7 Å². The molecule has 0 saturated heterocycles. The fraction of sp³-hybridized carbons (Fsp3) is 0.500. The standard InChI is InChI=1S/C16H22N2O3/c1-15(2,11-5-7-12(17)8-6-11)13(19)18-16(14(20)21)9-3-4-10-16/h5-8H,3-4,9-10,17H2,1-2H3,(H,18,19)(H,20,21). The summed E-state index contributed by atoms with van der Waals surface area (Å²) >= 11 is 0. The fourth-order valence-electron chi connectivity index (χ4n) is 2.78. The summed E-state index contributed by atoms with van der Waals surface area (Å²) in [5.41, 5.74) is 5.19. The minimum atomic E-state index is -1.11. The second-order valence-electron chi connectivity index (χ2n) is 6.30. The van der Waals surface area contributed by atoms with Crippen LogP contribution in [0.5, 0.6) is 0 Å². The summed E-state index contributed by atoms with van der Waals surface area (Å²) < 4.78 is 0. The molecule has 21 heavy (non-hydrogen) atoms. The molecule has 0 spiro atoms. The molecule has 0 heterocycles. The van der Waals surface area contributed by atoms with Crippen LogP contribution in [0.2, 0.25) is 0 Å². The molecule has 0 atom stereocenters. The Morgan fingerprint density at radius 2 is 1.71 bits per heavy atom. The highest BCUT2D eigenvalue weighted by molar-refractivity contribution is 5.93. The Hall–Kier alpha value is -2.04. The first-order chi connectivity index (χ1) is 9.78. The molecule has 1 fully saturated rings. The van der Waals surface area contributed by atoms with E-state index >= 15 is 0 Å². The Balaban J connectivity index is 2.22. The molecule has 4 N–H and O–H groups in total. The number of carboxylic acid groups (broad SMARTS) is 1. The van der Waals surface area contributed by atoms with Crippen molar-refractivity contribution in [3.63, 3.8) is 0 Å². The Labute approximate surface area is 124 Å². The number of nitrogen functional groups attached to an aromatic ring is 1. The van der Waals surface area contributed by atoms with Crippen LogP contribution in [-0.2, 0) is 15.0 Å². The second-order valence-corrected chi connectivity index (χ2v) is 6.30. The lowest BCUT2D eigenvalue weighted by atomic mass is 9.82. The minimum Gasteiger partial charge on any atom is -0.480 e. The Bertz CT molecular complexity index is 543. The van der Waals surface area contributed by atoms with Gasteiger partial charge in [-0.2, -0.15) is 0 Å². The summed E-state index contributed by atoms with van der Waals surface area (Å²) in [6, 6.07) is 7.09. The van der Waals surface area contributed by atoms with Gasteiger partial charge >= 0.3 is 5.97 Å². The number of carboxylic acids is 1. The van der Waals surface area contributed by atoms with Crippen molar-refractivity contribution in [3.8, 4) is 0 Å². The van der Waals surface area contributed by atoms with E-state index < -0.39 is 16.9 Å². The molecule has 1 aliphatic carbocycles. The smallest absolute Gasteiger partial charge is 0.329 e. The summed E-state index contributed by atoms with van der Waals surface area (Å²) in [5, 5.41) is 12.2. The third-order valence-corrected chi connectivity index (χ3v) is 4.42. The molecule has 5 nitrogen and oxygen atoms in total. The first kappa shape index (κ1) is 15.4. The number of nitrogens with one attached hydrogen (secondary N) is 1. The van der Waals surface area contributed by atoms with Gasteiger partial charge in [-0.25, -0.2) is 4.79 Å². The minimum absolute atomic E-state index is 0.267. The van der Waals surface area contributed by atoms with E-state index in [0.29, 0.717) is 18.5 Å². The van der Waals surface area contributed by atoms with Crippen LogP contribution in [0.4, 0.5) is 5.69 Å². The lowest BCUT2D eigenvalue weighted by Gasteiger charge is -2.31. The Kier molecular flexibility index (Phi) is 3.94. The average molecular weight is 290 g/mol. The third kappa shape index (κ3) is 2.86. The lowest BCUT2D eigenvalue weighted by molar-refractivity contribution is -0.148. The predicted molar refractivity (Wildman–Crippen MR) is 80.9 cm³/mol. The normalized spacial score (nSPS) is 17.4. The summed E-state index contributed by atoms with van der Waals surface area (Å²) in [5.74, 6) is -1.21. The van der Waals surface area contributed by atoms with E-state index in [2.05, 4.69) is 5.32 Å². The maximum absolute atomic E-state index is 12.6. The van der Waals surface area contributed by atoms with Crippen molar-refractivity contribution in [2.75, 3.05) is 5.73 Å². The number of nitrogens with two attached hydrogens (primary N) is 1. The number of aliphatic carboxylic acids is 1. The predicted octanol–water partition coefficient (Wildman–Crippen LogP) is 2.06. The number of carbonyl (C=O) groups is 2. The molecule has 0 aliphatic heterocycles. The molecular formula is C16H22N2O3. The van der Waals surface area contributed by atoms with E-state index in [1.54, 1.807) is 38.1 Å². The summed E-state index contributed by atoms with van der Waals surface area (Å²) in [4.78, 5) is 24.1. The van der Waals surface area contributed by atoms with Crippen molar-refractivity contribution in [1.29, 1.82) is 0 Å². The van der Waals surface area contributed by atoms with Gasteiger partial charge in [0.25, 0.3) is 0 Å². The zero-order valence-electron chi connectivity index (χ0n) is 12.5. The first-order valence-electron chi connectivity index (χ1n) is 7.20. The summed E-state index contributed by atoms with van der Waals surface area (Å²) in [6.45, 7) is 3.58. The second kappa shape index (κ2) is 5.39. The Morgan fingerprint density at radius 3 is 2.19 bits per heavy atom. The van der Waals surface area contributed by atoms with Crippen LogP contribution in [0.3, 0.4) is 0 Å². The van der Waals surface area contributed by atoms with E-state index in [1.165, 1.54) is 0 Å². The van der Waals surface area contributed by atoms with Crippen LogP contribution in [0.1, 0.15) is 45.1 Å². The molecule has 1 saturated carbocycles. The summed E-state index contributed by atoms with van der Waals surface area (Å²) in [6.07, 6.45) is 2.64. The van der Waals surface area contributed by atoms with Crippen molar-refractivity contribution in [1.82, 2.24) is 5.32 Å². The molecule has 0 bridgehead atoms. The first-order valence-corrected chi connectivity index (χ1v) is 7.20. The molecule has 114 valence electrons. The molecule has 1 aliphatic rings. The van der Waals surface area contributed by atoms with Gasteiger partial charge in [0.2, 0.25) is 5.91 Å². The molecule has 1 amide bonds. The average Bonchev–Trinajstić information content (AvgIpc) is 2.89. The van der Waals surface area contributed by atoms with E-state index in [0.717, 1.165) is 18.4 Å². The quantitative estimate of drug-likeness (QED) is 0.740. The number of hydrogen-bond donors (Lipinski definition) is 3. The van der Waals surface area contributed by atoms with Gasteiger partial charge in [-0.3, -0.25) is 4.79 Å². The number of rotatable bonds is 4. The van der Waals surface area contributed by atoms with Crippen molar-refractivity contribution in [2.45, 2.75) is 50.5 Å². The van der Waals surface area contributed by atoms with Crippen LogP contribution < -0.4 is 11.1 Å². The molecule has 0 radical (unpaired) electrons. The number of hydrogen-bond acceptors (Lipinski definition) is 3. The zero-order chi connectivity index (χ0) is 15.7. The fourth-order valence-corrected chi connectivity index (χ4v) is 2.78. The van der Waals surface area contributed by atoms with E-state index in [4.69, 9.17) is 5.73 Å². The molecule has 2 rings (SSSR count). The van der Waals surface area contributed by atoms with Gasteiger partial charge in [-0.05, 0) is 44.4 Å². The molecule has 1 aromatic carbocycles. The lowest BCUT2D eigenvalue weighted by Crippen LogP contribution is -2.56. The molecule has 0 aromatic heterocycles. The third-order valence-electron chi connectivity index (χ3n) is 4.42. The molecule has 0 unspecified atom stereocenters. The summed E-state index contributed by atoms with van der Waals surface area (Å²) in [7, 11) is 0. The zero-order valence-corrected chi connectivity index (χ0v) is 12.5. The van der Waals surface area contributed by atoms with Gasteiger partial charge in [0.1, 0.15) is 5.54 Å². The monoisotopic (exact) mass is 290 g/mol. The Morgan fingerprint density at radius 1 is 1.19 bits per heavy atom. The number of carbonyl (C=O) groups excluding carboxylic acids is 1. The highest BCUT2D eigenvalue weighted by Crippen LogP contribution is 2.32. The molecule has 1 aromatic rings. The number of benzene rings is 1. The molecule has 5 heteroatoms. The van der Waals surface area contributed by atoms with Crippen LogP contribution in [0, 0.1) is 0 Å². The van der Waals surface area contributed by atoms with Crippen LogP contribution in [-0.4, -0.2) is 22.5 Å². The van der Waals surface area contributed by atoms with Crippen molar-refractivity contribution in [3.05, 3.63) is 29.8 Å². The van der Waals surface area contributed by atoms with E-state index in [-0.39, 0.29) is 5.91 Å². The molecular weight excluding hydrogens is 268 g/mol. The highest BCUT2D eigenvalue weighted by Gasteiger charge is 2.45. The van der Waals surface area contributed by atoms with Crippen molar-refractivity contribution < 1.29 is 14.7 Å². The van der Waals surface area contributed by atoms with Crippen LogP contribution >= 0.6 is 0 Å². The maximum atomic E-state index is 12.6. The SMILES string of the molecule is CC(C)(C(=O)NC1(C(=O)O)CCCC1)c1ccc(N)cc1. The van der Waals surface area contributed by atoms with Crippen LogP contribution in [0.25, 0.3) is 0 Å². The van der Waals surface area contributed by atoms with Gasteiger partial charge in [0, 0.05) is 5.69 Å². The van der Waals surface area contributed by atoms with Gasteiger partial charge in [0.15, 0.2) is 0 Å². The van der Waals surface area contributed by atoms with Gasteiger partial charge in [0.05, 0.1) is 5.41 Å². The van der Waals surface area contributed by atoms with Crippen molar-refractivity contribution >= 4 is 17.6 Å². The van der Waals surface area contributed by atoms with E-state index in [1.807, 2.05) is 0 Å². The van der Waals surface area contributed by atoms with Gasteiger partial charge in [-0.15, -0.1) is 0 Å². The topological polar surface area (TPSA) is 92.4 Å². The number of anilines is 1. The number of amides is 1. The highest BCUT2D eigenvalue weighted by atomic mass is 16.4. The van der Waals surface area contributed by atoms with Gasteiger partial charge < -0.3 is 16.2 Å².